The van der Waals surface area contributed by atoms with E-state index in [0.29, 0.717) is 12.2 Å². The molecule has 2 aromatic rings. The summed E-state index contributed by atoms with van der Waals surface area (Å²) in [7, 11) is 0. The number of esters is 2. The number of hydrogen-bond donors (Lipinski definition) is 0. The molecule has 1 aliphatic rings. The first kappa shape index (κ1) is 15.0. The normalized spacial score (nSPS) is 20.0. The van der Waals surface area contributed by atoms with Gasteiger partial charge in [-0.05, 0) is 31.2 Å². The summed E-state index contributed by atoms with van der Waals surface area (Å²) in [4.78, 5) is 28.0. The van der Waals surface area contributed by atoms with Crippen LogP contribution in [-0.4, -0.2) is 29.1 Å². The van der Waals surface area contributed by atoms with Crippen molar-refractivity contribution >= 4 is 11.9 Å². The van der Waals surface area contributed by atoms with E-state index in [4.69, 9.17) is 14.2 Å². The summed E-state index contributed by atoms with van der Waals surface area (Å²) >= 11 is 0. The Balaban J connectivity index is 1.77. The van der Waals surface area contributed by atoms with E-state index in [2.05, 4.69) is 4.98 Å². The van der Waals surface area contributed by atoms with Gasteiger partial charge < -0.3 is 14.2 Å². The molecule has 6 heteroatoms. The highest BCUT2D eigenvalue weighted by Crippen LogP contribution is 2.25. The first-order valence-electron chi connectivity index (χ1n) is 7.23. The SMILES string of the molecule is C[C@H]1C[C@H](OC(=O)c2cccnc2Oc2ccccc2)C(=O)O1. The molecule has 1 saturated heterocycles. The lowest BCUT2D eigenvalue weighted by atomic mass is 10.2. The second kappa shape index (κ2) is 6.48. The minimum absolute atomic E-state index is 0.128. The molecular formula is C17H15NO5. The van der Waals surface area contributed by atoms with Crippen molar-refractivity contribution in [3.05, 3.63) is 54.2 Å². The van der Waals surface area contributed by atoms with Gasteiger partial charge in [0, 0.05) is 12.6 Å². The number of para-hydroxylation sites is 1. The monoisotopic (exact) mass is 313 g/mol. The molecule has 6 nitrogen and oxygen atoms in total. The Morgan fingerprint density at radius 3 is 2.70 bits per heavy atom. The molecule has 0 bridgehead atoms. The van der Waals surface area contributed by atoms with Crippen LogP contribution < -0.4 is 4.74 Å². The molecular weight excluding hydrogens is 298 g/mol. The minimum Gasteiger partial charge on any atom is -0.460 e. The van der Waals surface area contributed by atoms with Crippen LogP contribution in [-0.2, 0) is 14.3 Å². The van der Waals surface area contributed by atoms with Crippen molar-refractivity contribution in [1.82, 2.24) is 4.98 Å². The number of benzene rings is 1. The van der Waals surface area contributed by atoms with Gasteiger partial charge in [-0.15, -0.1) is 0 Å². The van der Waals surface area contributed by atoms with Crippen LogP contribution in [0.2, 0.25) is 0 Å². The largest absolute Gasteiger partial charge is 0.460 e. The lowest BCUT2D eigenvalue weighted by Gasteiger charge is -2.11. The van der Waals surface area contributed by atoms with E-state index in [0.717, 1.165) is 0 Å². The van der Waals surface area contributed by atoms with Crippen LogP contribution in [0.1, 0.15) is 23.7 Å². The molecule has 1 aliphatic heterocycles. The highest BCUT2D eigenvalue weighted by molar-refractivity contribution is 5.93. The molecule has 1 aromatic heterocycles. The summed E-state index contributed by atoms with van der Waals surface area (Å²) in [6, 6.07) is 12.1. The van der Waals surface area contributed by atoms with Gasteiger partial charge in [0.15, 0.2) is 0 Å². The summed E-state index contributed by atoms with van der Waals surface area (Å²) in [5.41, 5.74) is 0.156. The lowest BCUT2D eigenvalue weighted by Crippen LogP contribution is -2.23. The molecule has 0 aliphatic carbocycles. The van der Waals surface area contributed by atoms with E-state index in [1.54, 1.807) is 25.1 Å². The van der Waals surface area contributed by atoms with Gasteiger partial charge in [-0.25, -0.2) is 14.6 Å². The van der Waals surface area contributed by atoms with Crippen molar-refractivity contribution in [3.63, 3.8) is 0 Å². The number of nitrogens with zero attached hydrogens (tertiary/aromatic N) is 1. The fourth-order valence-corrected chi connectivity index (χ4v) is 2.24. The van der Waals surface area contributed by atoms with Crippen LogP contribution in [0.5, 0.6) is 11.6 Å². The van der Waals surface area contributed by atoms with Crippen molar-refractivity contribution in [2.24, 2.45) is 0 Å². The number of pyridine rings is 1. The van der Waals surface area contributed by atoms with Gasteiger partial charge in [0.25, 0.3) is 0 Å². The maximum absolute atomic E-state index is 12.3. The van der Waals surface area contributed by atoms with Crippen LogP contribution in [0.25, 0.3) is 0 Å². The van der Waals surface area contributed by atoms with Gasteiger partial charge in [0.2, 0.25) is 12.0 Å². The van der Waals surface area contributed by atoms with Crippen LogP contribution in [0.4, 0.5) is 0 Å². The predicted molar refractivity (Wildman–Crippen MR) is 80.1 cm³/mol. The van der Waals surface area contributed by atoms with Crippen molar-refractivity contribution < 1.29 is 23.8 Å². The van der Waals surface area contributed by atoms with E-state index in [9.17, 15) is 9.59 Å². The van der Waals surface area contributed by atoms with Gasteiger partial charge in [0.05, 0.1) is 0 Å². The molecule has 2 heterocycles. The zero-order chi connectivity index (χ0) is 16.2. The van der Waals surface area contributed by atoms with E-state index in [-0.39, 0.29) is 17.5 Å². The van der Waals surface area contributed by atoms with Crippen LogP contribution in [0.3, 0.4) is 0 Å². The molecule has 118 valence electrons. The van der Waals surface area contributed by atoms with Crippen molar-refractivity contribution in [2.75, 3.05) is 0 Å². The Bertz CT molecular complexity index is 716. The number of cyclic esters (lactones) is 1. The zero-order valence-corrected chi connectivity index (χ0v) is 12.5. The quantitative estimate of drug-likeness (QED) is 0.808. The third-order valence-electron chi connectivity index (χ3n) is 3.32. The van der Waals surface area contributed by atoms with Gasteiger partial charge in [-0.3, -0.25) is 0 Å². The van der Waals surface area contributed by atoms with Crippen molar-refractivity contribution in [1.29, 1.82) is 0 Å². The molecule has 0 amide bonds. The first-order chi connectivity index (χ1) is 11.1. The van der Waals surface area contributed by atoms with E-state index in [1.807, 2.05) is 18.2 Å². The lowest BCUT2D eigenvalue weighted by molar-refractivity contribution is -0.147. The number of aromatic nitrogens is 1. The Morgan fingerprint density at radius 1 is 1.22 bits per heavy atom. The van der Waals surface area contributed by atoms with Crippen LogP contribution >= 0.6 is 0 Å². The molecule has 23 heavy (non-hydrogen) atoms. The topological polar surface area (TPSA) is 74.7 Å². The van der Waals surface area contributed by atoms with Crippen molar-refractivity contribution in [3.8, 4) is 11.6 Å². The number of hydrogen-bond acceptors (Lipinski definition) is 6. The smallest absolute Gasteiger partial charge is 0.347 e. The summed E-state index contributed by atoms with van der Waals surface area (Å²) < 4.78 is 15.8. The Labute approximate surface area is 133 Å². The van der Waals surface area contributed by atoms with E-state index >= 15 is 0 Å². The molecule has 0 spiro atoms. The number of carbonyl (C=O) groups is 2. The molecule has 0 saturated carbocycles. The molecule has 1 aromatic carbocycles. The number of carbonyl (C=O) groups excluding carboxylic acids is 2. The second-order valence-electron chi connectivity index (χ2n) is 5.15. The summed E-state index contributed by atoms with van der Waals surface area (Å²) in [5, 5.41) is 0. The maximum atomic E-state index is 12.3. The molecule has 2 atom stereocenters. The average Bonchev–Trinajstić information content (AvgIpc) is 2.86. The average molecular weight is 313 g/mol. The highest BCUT2D eigenvalue weighted by atomic mass is 16.6. The van der Waals surface area contributed by atoms with E-state index in [1.165, 1.54) is 12.3 Å². The Hall–Kier alpha value is -2.89. The molecule has 0 unspecified atom stereocenters. The van der Waals surface area contributed by atoms with Crippen LogP contribution in [0, 0.1) is 0 Å². The van der Waals surface area contributed by atoms with E-state index < -0.39 is 18.0 Å². The standard InChI is InChI=1S/C17H15NO5/c1-11-10-14(17(20)21-11)23-16(19)13-8-5-9-18-15(13)22-12-6-3-2-4-7-12/h2-9,11,14H,10H2,1H3/t11-,14-/m0/s1. The highest BCUT2D eigenvalue weighted by Gasteiger charge is 2.35. The Morgan fingerprint density at radius 2 is 2.00 bits per heavy atom. The third kappa shape index (κ3) is 3.48. The summed E-state index contributed by atoms with van der Waals surface area (Å²) in [5.74, 6) is -0.516. The summed E-state index contributed by atoms with van der Waals surface area (Å²) in [6.45, 7) is 1.75. The first-order valence-corrected chi connectivity index (χ1v) is 7.23. The molecule has 1 fully saturated rings. The molecule has 3 rings (SSSR count). The predicted octanol–water partition coefficient (Wildman–Crippen LogP) is 2.73. The van der Waals surface area contributed by atoms with Gasteiger partial charge >= 0.3 is 11.9 Å². The maximum Gasteiger partial charge on any atom is 0.347 e. The van der Waals surface area contributed by atoms with Crippen molar-refractivity contribution in [2.45, 2.75) is 25.6 Å². The fourth-order valence-electron chi connectivity index (χ4n) is 2.24. The third-order valence-corrected chi connectivity index (χ3v) is 3.32. The van der Waals surface area contributed by atoms with Gasteiger partial charge in [0.1, 0.15) is 17.4 Å². The molecule has 0 N–H and O–H groups in total. The van der Waals surface area contributed by atoms with Crippen LogP contribution in [0.15, 0.2) is 48.7 Å². The van der Waals surface area contributed by atoms with Gasteiger partial charge in [-0.1, -0.05) is 18.2 Å². The van der Waals surface area contributed by atoms with Gasteiger partial charge in [-0.2, -0.15) is 0 Å². The zero-order valence-electron chi connectivity index (χ0n) is 12.5. The molecule has 0 radical (unpaired) electrons. The minimum atomic E-state index is -0.887. The number of rotatable bonds is 4. The second-order valence-corrected chi connectivity index (χ2v) is 5.15. The number of ether oxygens (including phenoxy) is 3. The summed E-state index contributed by atoms with van der Waals surface area (Å²) in [6.07, 6.45) is 0.720. The Kier molecular flexibility index (Phi) is 4.23. The fraction of sp³-hybridized carbons (Fsp3) is 0.235.